The van der Waals surface area contributed by atoms with Gasteiger partial charge >= 0.3 is 5.97 Å². The maximum Gasteiger partial charge on any atom is 0.309 e. The van der Waals surface area contributed by atoms with Gasteiger partial charge in [-0.25, -0.2) is 0 Å². The van der Waals surface area contributed by atoms with Crippen molar-refractivity contribution in [3.63, 3.8) is 0 Å². The van der Waals surface area contributed by atoms with E-state index < -0.39 is 0 Å². The topological polar surface area (TPSA) is 26.3 Å². The Kier molecular flexibility index (Phi) is 3.85. The lowest BCUT2D eigenvalue weighted by Gasteiger charge is -2.46. The Balaban J connectivity index is 1.93. The van der Waals surface area contributed by atoms with Crippen molar-refractivity contribution in [1.82, 2.24) is 0 Å². The molecule has 1 fully saturated rings. The van der Waals surface area contributed by atoms with Crippen LogP contribution in [0.2, 0.25) is 0 Å². The molecule has 0 aromatic heterocycles. The fourth-order valence-corrected chi connectivity index (χ4v) is 4.38. The quantitative estimate of drug-likeness (QED) is 0.738. The summed E-state index contributed by atoms with van der Waals surface area (Å²) >= 11 is 0. The largest absolute Gasteiger partial charge is 0.466 e. The van der Waals surface area contributed by atoms with E-state index in [-0.39, 0.29) is 22.7 Å². The first-order chi connectivity index (χ1) is 10.7. The van der Waals surface area contributed by atoms with Gasteiger partial charge in [-0.1, -0.05) is 52.8 Å². The van der Waals surface area contributed by atoms with E-state index >= 15 is 0 Å². The van der Waals surface area contributed by atoms with Crippen LogP contribution in [0.25, 0.3) is 0 Å². The van der Waals surface area contributed by atoms with Crippen LogP contribution in [0, 0.1) is 11.8 Å². The van der Waals surface area contributed by atoms with E-state index in [2.05, 4.69) is 52.8 Å². The molecule has 0 heterocycles. The van der Waals surface area contributed by atoms with Gasteiger partial charge in [0.25, 0.3) is 0 Å². The molecule has 3 atom stereocenters. The highest BCUT2D eigenvalue weighted by molar-refractivity contribution is 5.77. The van der Waals surface area contributed by atoms with Gasteiger partial charge in [-0.05, 0) is 59.1 Å². The van der Waals surface area contributed by atoms with Crippen LogP contribution >= 0.6 is 0 Å². The van der Waals surface area contributed by atoms with Crippen LogP contribution in [0.5, 0.6) is 0 Å². The Hall–Kier alpha value is -1.31. The fourth-order valence-electron chi connectivity index (χ4n) is 4.38. The molecule has 23 heavy (non-hydrogen) atoms. The molecule has 0 radical (unpaired) electrons. The normalized spacial score (nSPS) is 30.4. The number of carbonyl (C=O) groups is 1. The summed E-state index contributed by atoms with van der Waals surface area (Å²) in [7, 11) is 0. The zero-order valence-corrected chi connectivity index (χ0v) is 15.4. The molecule has 2 nitrogen and oxygen atoms in total. The summed E-state index contributed by atoms with van der Waals surface area (Å²) in [6, 6.07) is 6.95. The van der Waals surface area contributed by atoms with Crippen LogP contribution in [-0.4, -0.2) is 12.6 Å². The molecule has 0 saturated heterocycles. The number of benzene rings is 1. The van der Waals surface area contributed by atoms with Crippen LogP contribution in [0.1, 0.15) is 77.0 Å². The molecule has 0 aliphatic heterocycles. The van der Waals surface area contributed by atoms with Crippen molar-refractivity contribution >= 4 is 5.97 Å². The van der Waals surface area contributed by atoms with E-state index in [0.717, 1.165) is 6.42 Å². The Morgan fingerprint density at radius 1 is 1.22 bits per heavy atom. The van der Waals surface area contributed by atoms with Gasteiger partial charge in [0.1, 0.15) is 0 Å². The minimum Gasteiger partial charge on any atom is -0.466 e. The number of esters is 1. The molecule has 0 bridgehead atoms. The molecule has 1 saturated carbocycles. The van der Waals surface area contributed by atoms with Gasteiger partial charge < -0.3 is 4.74 Å². The van der Waals surface area contributed by atoms with E-state index in [0.29, 0.717) is 18.4 Å². The van der Waals surface area contributed by atoms with Crippen molar-refractivity contribution in [2.45, 2.75) is 71.1 Å². The molecule has 126 valence electrons. The third-order valence-electron chi connectivity index (χ3n) is 6.32. The summed E-state index contributed by atoms with van der Waals surface area (Å²) in [5.41, 5.74) is 4.70. The molecule has 0 spiro atoms. The zero-order chi connectivity index (χ0) is 17.0. The van der Waals surface area contributed by atoms with Crippen LogP contribution in [0.3, 0.4) is 0 Å². The monoisotopic (exact) mass is 314 g/mol. The highest BCUT2D eigenvalue weighted by Crippen LogP contribution is 2.53. The van der Waals surface area contributed by atoms with Crippen molar-refractivity contribution in [3.05, 3.63) is 34.9 Å². The minimum atomic E-state index is -0.0248. The van der Waals surface area contributed by atoms with E-state index in [1.54, 1.807) is 0 Å². The number of hydrogen-bond donors (Lipinski definition) is 0. The van der Waals surface area contributed by atoms with Crippen LogP contribution in [0.4, 0.5) is 0 Å². The summed E-state index contributed by atoms with van der Waals surface area (Å²) in [5, 5.41) is 0. The standard InChI is InChI=1S/C21H30O2/c1-7-23-19(22)16-11-15(16)14-8-9-17-18(10-14)21(5,6)13(2)12-20(17,3)4/h8-10,13,15-16H,7,11-12H2,1-6H3. The van der Waals surface area contributed by atoms with Crippen molar-refractivity contribution in [2.75, 3.05) is 6.61 Å². The summed E-state index contributed by atoms with van der Waals surface area (Å²) in [6.07, 6.45) is 2.16. The number of fused-ring (bicyclic) bond motifs is 1. The molecule has 2 heteroatoms. The number of carbonyl (C=O) groups excluding carboxylic acids is 1. The fraction of sp³-hybridized carbons (Fsp3) is 0.667. The van der Waals surface area contributed by atoms with Crippen molar-refractivity contribution in [2.24, 2.45) is 11.8 Å². The molecule has 1 aromatic rings. The highest BCUT2D eigenvalue weighted by atomic mass is 16.5. The Labute approximate surface area is 140 Å². The van der Waals surface area contributed by atoms with E-state index in [1.807, 2.05) is 6.92 Å². The Morgan fingerprint density at radius 3 is 2.57 bits per heavy atom. The van der Waals surface area contributed by atoms with E-state index in [1.165, 1.54) is 23.1 Å². The number of rotatable bonds is 3. The predicted molar refractivity (Wildman–Crippen MR) is 93.8 cm³/mol. The first kappa shape index (κ1) is 16.5. The lowest BCUT2D eigenvalue weighted by atomic mass is 9.58. The molecule has 3 rings (SSSR count). The second-order valence-corrected chi connectivity index (χ2v) is 8.72. The van der Waals surface area contributed by atoms with Crippen LogP contribution in [0.15, 0.2) is 18.2 Å². The molecule has 1 aromatic carbocycles. The molecular weight excluding hydrogens is 284 g/mol. The van der Waals surface area contributed by atoms with Crippen molar-refractivity contribution in [3.8, 4) is 0 Å². The van der Waals surface area contributed by atoms with Gasteiger partial charge in [-0.2, -0.15) is 0 Å². The average molecular weight is 314 g/mol. The zero-order valence-electron chi connectivity index (χ0n) is 15.4. The molecule has 0 amide bonds. The maximum absolute atomic E-state index is 11.9. The van der Waals surface area contributed by atoms with Crippen molar-refractivity contribution < 1.29 is 9.53 Å². The summed E-state index contributed by atoms with van der Waals surface area (Å²) in [5.74, 6) is 1.06. The summed E-state index contributed by atoms with van der Waals surface area (Å²) in [6.45, 7) is 14.2. The smallest absolute Gasteiger partial charge is 0.309 e. The minimum absolute atomic E-state index is 0.0248. The van der Waals surface area contributed by atoms with Crippen molar-refractivity contribution in [1.29, 1.82) is 0 Å². The summed E-state index contributed by atoms with van der Waals surface area (Å²) < 4.78 is 5.18. The van der Waals surface area contributed by atoms with Crippen LogP contribution in [-0.2, 0) is 20.4 Å². The SMILES string of the molecule is CCOC(=O)C1CC1c1ccc2c(c1)C(C)(C)C(C)CC2(C)C. The third-order valence-corrected chi connectivity index (χ3v) is 6.32. The van der Waals surface area contributed by atoms with Gasteiger partial charge in [0.15, 0.2) is 0 Å². The Morgan fingerprint density at radius 2 is 1.91 bits per heavy atom. The number of hydrogen-bond acceptors (Lipinski definition) is 2. The molecule has 2 aliphatic carbocycles. The van der Waals surface area contributed by atoms with Gasteiger partial charge in [0.2, 0.25) is 0 Å². The molecule has 2 aliphatic rings. The second-order valence-electron chi connectivity index (χ2n) is 8.72. The maximum atomic E-state index is 11.9. The Bertz CT molecular complexity index is 627. The van der Waals surface area contributed by atoms with E-state index in [4.69, 9.17) is 4.74 Å². The molecule has 0 N–H and O–H groups in total. The second kappa shape index (κ2) is 5.36. The first-order valence-corrected chi connectivity index (χ1v) is 9.00. The third kappa shape index (κ3) is 2.70. The van der Waals surface area contributed by atoms with Gasteiger partial charge in [0.05, 0.1) is 12.5 Å². The number of ether oxygens (including phenoxy) is 1. The highest BCUT2D eigenvalue weighted by Gasteiger charge is 2.47. The van der Waals surface area contributed by atoms with Crippen LogP contribution < -0.4 is 0 Å². The first-order valence-electron chi connectivity index (χ1n) is 9.00. The van der Waals surface area contributed by atoms with Gasteiger partial charge in [0, 0.05) is 0 Å². The summed E-state index contributed by atoms with van der Waals surface area (Å²) in [4.78, 5) is 11.9. The average Bonchev–Trinajstić information content (AvgIpc) is 3.25. The molecular formula is C21H30O2. The van der Waals surface area contributed by atoms with Gasteiger partial charge in [-0.15, -0.1) is 0 Å². The lowest BCUT2D eigenvalue weighted by molar-refractivity contribution is -0.144. The lowest BCUT2D eigenvalue weighted by Crippen LogP contribution is -2.40. The molecule has 3 unspecified atom stereocenters. The predicted octanol–water partition coefficient (Wildman–Crippen LogP) is 4.95. The van der Waals surface area contributed by atoms with E-state index in [9.17, 15) is 4.79 Å². The van der Waals surface area contributed by atoms with Gasteiger partial charge in [-0.3, -0.25) is 4.79 Å².